The normalized spacial score (nSPS) is 10.7. The van der Waals surface area contributed by atoms with Gasteiger partial charge in [0.15, 0.2) is 0 Å². The van der Waals surface area contributed by atoms with Gasteiger partial charge in [0.25, 0.3) is 0 Å². The Morgan fingerprint density at radius 3 is 2.94 bits per heavy atom. The van der Waals surface area contributed by atoms with Crippen molar-refractivity contribution in [1.82, 2.24) is 9.38 Å². The molecule has 0 aromatic carbocycles. The average molecular weight is 218 g/mol. The predicted octanol–water partition coefficient (Wildman–Crippen LogP) is 2.13. The van der Waals surface area contributed by atoms with E-state index >= 15 is 0 Å². The highest BCUT2D eigenvalue weighted by Gasteiger charge is 2.13. The lowest BCUT2D eigenvalue weighted by atomic mass is 10.2. The number of carbonyl (C=O) groups is 1. The summed E-state index contributed by atoms with van der Waals surface area (Å²) in [6.45, 7) is 6.05. The number of fused-ring (bicyclic) bond motifs is 1. The molecule has 0 radical (unpaired) electrons. The summed E-state index contributed by atoms with van der Waals surface area (Å²) in [4.78, 5) is 15.9. The second-order valence-corrected chi connectivity index (χ2v) is 3.72. The van der Waals surface area contributed by atoms with Crippen LogP contribution in [0.4, 0.5) is 0 Å². The van der Waals surface area contributed by atoms with Crippen LogP contribution >= 0.6 is 0 Å². The quantitative estimate of drug-likeness (QED) is 0.725. The van der Waals surface area contributed by atoms with E-state index in [2.05, 4.69) is 4.98 Å². The molecule has 0 saturated carbocycles. The van der Waals surface area contributed by atoms with Gasteiger partial charge in [-0.15, -0.1) is 0 Å². The number of aryl methyl sites for hydroxylation is 2. The highest BCUT2D eigenvalue weighted by Crippen LogP contribution is 2.14. The fourth-order valence-electron chi connectivity index (χ4n) is 1.71. The van der Waals surface area contributed by atoms with Gasteiger partial charge in [-0.2, -0.15) is 0 Å². The van der Waals surface area contributed by atoms with Crippen LogP contribution in [0.3, 0.4) is 0 Å². The zero-order valence-corrected chi connectivity index (χ0v) is 9.65. The molecule has 4 nitrogen and oxygen atoms in total. The number of hydrogen-bond donors (Lipinski definition) is 0. The number of nitrogens with zero attached hydrogens (tertiary/aromatic N) is 2. The van der Waals surface area contributed by atoms with Gasteiger partial charge >= 0.3 is 5.97 Å². The van der Waals surface area contributed by atoms with Crippen molar-refractivity contribution in [2.75, 3.05) is 6.61 Å². The summed E-state index contributed by atoms with van der Waals surface area (Å²) < 4.78 is 6.88. The molecule has 0 saturated heterocycles. The Balaban J connectivity index is 2.55. The molecule has 0 fully saturated rings. The van der Waals surface area contributed by atoms with Crippen LogP contribution in [0.25, 0.3) is 5.65 Å². The van der Waals surface area contributed by atoms with Crippen molar-refractivity contribution in [2.45, 2.75) is 20.8 Å². The number of rotatable bonds is 2. The van der Waals surface area contributed by atoms with Gasteiger partial charge in [0, 0.05) is 18.1 Å². The first-order chi connectivity index (χ1) is 7.63. The lowest BCUT2D eigenvalue weighted by Gasteiger charge is -2.07. The van der Waals surface area contributed by atoms with E-state index in [1.807, 2.05) is 30.5 Å². The molecule has 0 bridgehead atoms. The second-order valence-electron chi connectivity index (χ2n) is 3.72. The minimum atomic E-state index is -0.319. The van der Waals surface area contributed by atoms with Crippen molar-refractivity contribution < 1.29 is 9.53 Å². The smallest absolute Gasteiger partial charge is 0.341 e. The summed E-state index contributed by atoms with van der Waals surface area (Å²) >= 11 is 0. The SMILES string of the molecule is CCOC(=O)c1cnc2cc(C)cn2c1C. The monoisotopic (exact) mass is 218 g/mol. The minimum Gasteiger partial charge on any atom is -0.462 e. The van der Waals surface area contributed by atoms with E-state index < -0.39 is 0 Å². The summed E-state index contributed by atoms with van der Waals surface area (Å²) in [6.07, 6.45) is 3.53. The molecule has 0 atom stereocenters. The molecule has 0 N–H and O–H groups in total. The minimum absolute atomic E-state index is 0.319. The highest BCUT2D eigenvalue weighted by molar-refractivity contribution is 5.90. The Hall–Kier alpha value is -1.84. The molecule has 84 valence electrons. The van der Waals surface area contributed by atoms with E-state index in [9.17, 15) is 4.79 Å². The van der Waals surface area contributed by atoms with Crippen molar-refractivity contribution in [2.24, 2.45) is 0 Å². The zero-order valence-electron chi connectivity index (χ0n) is 9.65. The lowest BCUT2D eigenvalue weighted by Crippen LogP contribution is -2.10. The fraction of sp³-hybridized carbons (Fsp3) is 0.333. The molecule has 16 heavy (non-hydrogen) atoms. The van der Waals surface area contributed by atoms with Crippen molar-refractivity contribution in [3.63, 3.8) is 0 Å². The first kappa shape index (κ1) is 10.7. The molecule has 2 aromatic rings. The predicted molar refractivity (Wildman–Crippen MR) is 60.6 cm³/mol. The van der Waals surface area contributed by atoms with Crippen molar-refractivity contribution in [1.29, 1.82) is 0 Å². The topological polar surface area (TPSA) is 43.6 Å². The highest BCUT2D eigenvalue weighted by atomic mass is 16.5. The summed E-state index contributed by atoms with van der Waals surface area (Å²) in [7, 11) is 0. The number of hydrogen-bond acceptors (Lipinski definition) is 3. The summed E-state index contributed by atoms with van der Waals surface area (Å²) in [6, 6.07) is 1.97. The van der Waals surface area contributed by atoms with E-state index in [-0.39, 0.29) is 5.97 Å². The van der Waals surface area contributed by atoms with Crippen LogP contribution in [0.5, 0.6) is 0 Å². The zero-order chi connectivity index (χ0) is 11.7. The molecule has 2 aromatic heterocycles. The Labute approximate surface area is 93.9 Å². The second kappa shape index (κ2) is 3.96. The van der Waals surface area contributed by atoms with Crippen molar-refractivity contribution in [3.8, 4) is 0 Å². The van der Waals surface area contributed by atoms with Crippen LogP contribution in [0.2, 0.25) is 0 Å². The maximum atomic E-state index is 11.6. The van der Waals surface area contributed by atoms with Gasteiger partial charge in [0.1, 0.15) is 5.65 Å². The molecule has 2 heterocycles. The number of carbonyl (C=O) groups excluding carboxylic acids is 1. The van der Waals surface area contributed by atoms with Gasteiger partial charge in [-0.3, -0.25) is 0 Å². The van der Waals surface area contributed by atoms with Gasteiger partial charge in [-0.25, -0.2) is 9.78 Å². The Morgan fingerprint density at radius 2 is 2.25 bits per heavy atom. The van der Waals surface area contributed by atoms with Crippen LogP contribution < -0.4 is 0 Å². The Kier molecular flexibility index (Phi) is 2.64. The van der Waals surface area contributed by atoms with Gasteiger partial charge in [-0.1, -0.05) is 0 Å². The molecular formula is C12H14N2O2. The van der Waals surface area contributed by atoms with Gasteiger partial charge in [0.2, 0.25) is 0 Å². The maximum Gasteiger partial charge on any atom is 0.341 e. The van der Waals surface area contributed by atoms with Crippen molar-refractivity contribution >= 4 is 11.6 Å². The summed E-state index contributed by atoms with van der Waals surface area (Å²) in [5.41, 5.74) is 3.35. The molecule has 0 unspecified atom stereocenters. The van der Waals surface area contributed by atoms with Gasteiger partial charge in [0.05, 0.1) is 12.2 Å². The summed E-state index contributed by atoms with van der Waals surface area (Å²) in [5.74, 6) is -0.319. The van der Waals surface area contributed by atoms with E-state index in [0.29, 0.717) is 12.2 Å². The molecule has 0 amide bonds. The average Bonchev–Trinajstić information content (AvgIpc) is 2.60. The third-order valence-corrected chi connectivity index (χ3v) is 2.51. The van der Waals surface area contributed by atoms with E-state index in [1.54, 1.807) is 13.1 Å². The molecule has 0 aliphatic rings. The summed E-state index contributed by atoms with van der Waals surface area (Å²) in [5, 5.41) is 0. The van der Waals surface area contributed by atoms with E-state index in [0.717, 1.165) is 16.9 Å². The molecule has 2 rings (SSSR count). The first-order valence-electron chi connectivity index (χ1n) is 5.25. The van der Waals surface area contributed by atoms with Crippen LogP contribution in [0, 0.1) is 13.8 Å². The van der Waals surface area contributed by atoms with Gasteiger partial charge in [-0.05, 0) is 32.4 Å². The van der Waals surface area contributed by atoms with Crippen LogP contribution in [-0.4, -0.2) is 22.0 Å². The number of aromatic nitrogens is 2. The van der Waals surface area contributed by atoms with Crippen molar-refractivity contribution in [3.05, 3.63) is 35.3 Å². The maximum absolute atomic E-state index is 11.6. The number of esters is 1. The number of ether oxygens (including phenoxy) is 1. The van der Waals surface area contributed by atoms with Crippen LogP contribution in [-0.2, 0) is 4.74 Å². The van der Waals surface area contributed by atoms with Crippen LogP contribution in [0.1, 0.15) is 28.5 Å². The largest absolute Gasteiger partial charge is 0.462 e. The van der Waals surface area contributed by atoms with Gasteiger partial charge < -0.3 is 9.14 Å². The Bertz CT molecular complexity index is 543. The molecule has 4 heteroatoms. The molecule has 0 aliphatic carbocycles. The molecule has 0 aliphatic heterocycles. The van der Waals surface area contributed by atoms with E-state index in [4.69, 9.17) is 4.74 Å². The first-order valence-corrected chi connectivity index (χ1v) is 5.25. The standard InChI is InChI=1S/C12H14N2O2/c1-4-16-12(15)10-6-13-11-5-8(2)7-14(11)9(10)3/h5-7H,4H2,1-3H3. The third-order valence-electron chi connectivity index (χ3n) is 2.51. The van der Waals surface area contributed by atoms with E-state index in [1.165, 1.54) is 0 Å². The molecule has 0 spiro atoms. The molecular weight excluding hydrogens is 204 g/mol. The fourth-order valence-corrected chi connectivity index (χ4v) is 1.71. The van der Waals surface area contributed by atoms with Crippen LogP contribution in [0.15, 0.2) is 18.5 Å². The third kappa shape index (κ3) is 1.66. The lowest BCUT2D eigenvalue weighted by molar-refractivity contribution is 0.0524. The Morgan fingerprint density at radius 1 is 1.50 bits per heavy atom.